The molecule has 0 aromatic heterocycles. The number of rotatable bonds is 2. The van der Waals surface area contributed by atoms with Gasteiger partial charge in [0.1, 0.15) is 0 Å². The van der Waals surface area contributed by atoms with E-state index in [0.29, 0.717) is 5.56 Å². The van der Waals surface area contributed by atoms with E-state index in [1.54, 1.807) is 12.1 Å². The molecule has 0 saturated heterocycles. The van der Waals surface area contributed by atoms with Gasteiger partial charge in [-0.3, -0.25) is 0 Å². The standard InChI is InChI=1S/C18H15F3N2O/c1-2-12-3-5-13(6-4-12)7-8-14-9-10-15(17(22)23-24)11-16(14)18(19,20)21/h3-6,9-11,24H,2H2,1H3,(H2,22,23). The van der Waals surface area contributed by atoms with Gasteiger partial charge in [-0.1, -0.05) is 36.1 Å². The molecule has 6 heteroatoms. The summed E-state index contributed by atoms with van der Waals surface area (Å²) in [6.45, 7) is 2.01. The van der Waals surface area contributed by atoms with E-state index in [2.05, 4.69) is 17.0 Å². The molecule has 3 N–H and O–H groups in total. The zero-order valence-electron chi connectivity index (χ0n) is 12.9. The second-order valence-electron chi connectivity index (χ2n) is 5.04. The zero-order valence-corrected chi connectivity index (χ0v) is 12.9. The molecule has 2 aromatic rings. The minimum atomic E-state index is -4.60. The van der Waals surface area contributed by atoms with Crippen molar-refractivity contribution in [1.29, 1.82) is 0 Å². The van der Waals surface area contributed by atoms with Gasteiger partial charge in [0.15, 0.2) is 5.84 Å². The van der Waals surface area contributed by atoms with E-state index in [-0.39, 0.29) is 11.1 Å². The Bertz CT molecular complexity index is 813. The summed E-state index contributed by atoms with van der Waals surface area (Å²) in [5.74, 6) is 4.88. The molecule has 0 spiro atoms. The van der Waals surface area contributed by atoms with Crippen LogP contribution in [0.3, 0.4) is 0 Å². The summed E-state index contributed by atoms with van der Waals surface area (Å²) < 4.78 is 39.6. The summed E-state index contributed by atoms with van der Waals surface area (Å²) in [5, 5.41) is 11.3. The number of hydrogen-bond acceptors (Lipinski definition) is 2. The summed E-state index contributed by atoms with van der Waals surface area (Å²) in [5.41, 5.74) is 5.97. The number of halogens is 3. The molecule has 2 aromatic carbocycles. The van der Waals surface area contributed by atoms with Crippen molar-refractivity contribution in [1.82, 2.24) is 0 Å². The van der Waals surface area contributed by atoms with E-state index < -0.39 is 17.6 Å². The van der Waals surface area contributed by atoms with Crippen molar-refractivity contribution in [3.05, 3.63) is 70.3 Å². The highest BCUT2D eigenvalue weighted by Gasteiger charge is 2.33. The first-order valence-corrected chi connectivity index (χ1v) is 7.15. The van der Waals surface area contributed by atoms with E-state index in [4.69, 9.17) is 10.9 Å². The number of oxime groups is 1. The molecule has 0 unspecified atom stereocenters. The Labute approximate surface area is 137 Å². The van der Waals surface area contributed by atoms with Crippen LogP contribution < -0.4 is 5.73 Å². The van der Waals surface area contributed by atoms with Gasteiger partial charge < -0.3 is 10.9 Å². The molecular weight excluding hydrogens is 317 g/mol. The van der Waals surface area contributed by atoms with Gasteiger partial charge in [-0.05, 0) is 42.3 Å². The molecule has 0 saturated carbocycles. The van der Waals surface area contributed by atoms with Crippen LogP contribution in [0.15, 0.2) is 47.6 Å². The Balaban J connectivity index is 2.44. The third kappa shape index (κ3) is 4.07. The van der Waals surface area contributed by atoms with Crippen molar-refractivity contribution < 1.29 is 18.4 Å². The van der Waals surface area contributed by atoms with Crippen molar-refractivity contribution in [3.63, 3.8) is 0 Å². The molecule has 24 heavy (non-hydrogen) atoms. The molecule has 3 nitrogen and oxygen atoms in total. The zero-order chi connectivity index (χ0) is 17.7. The van der Waals surface area contributed by atoms with E-state index >= 15 is 0 Å². The van der Waals surface area contributed by atoms with Crippen LogP contribution in [0, 0.1) is 11.8 Å². The Morgan fingerprint density at radius 1 is 1.12 bits per heavy atom. The third-order valence-electron chi connectivity index (χ3n) is 3.43. The predicted octanol–water partition coefficient (Wildman–Crippen LogP) is 3.76. The monoisotopic (exact) mass is 332 g/mol. The van der Waals surface area contributed by atoms with Gasteiger partial charge in [0.2, 0.25) is 0 Å². The summed E-state index contributed by atoms with van der Waals surface area (Å²) >= 11 is 0. The highest BCUT2D eigenvalue weighted by atomic mass is 19.4. The minimum absolute atomic E-state index is 0.0253. The van der Waals surface area contributed by atoms with Crippen molar-refractivity contribution in [2.45, 2.75) is 19.5 Å². The van der Waals surface area contributed by atoms with E-state index in [1.165, 1.54) is 12.1 Å². The van der Waals surface area contributed by atoms with Crippen LogP contribution in [0.4, 0.5) is 13.2 Å². The Morgan fingerprint density at radius 2 is 1.79 bits per heavy atom. The smallest absolute Gasteiger partial charge is 0.409 e. The minimum Gasteiger partial charge on any atom is -0.409 e. The molecule has 2 rings (SSSR count). The van der Waals surface area contributed by atoms with Gasteiger partial charge >= 0.3 is 6.18 Å². The second-order valence-corrected chi connectivity index (χ2v) is 5.04. The molecule has 0 aliphatic carbocycles. The number of hydrogen-bond donors (Lipinski definition) is 2. The van der Waals surface area contributed by atoms with Crippen molar-refractivity contribution >= 4 is 5.84 Å². The van der Waals surface area contributed by atoms with Crippen LogP contribution in [0.5, 0.6) is 0 Å². The summed E-state index contributed by atoms with van der Waals surface area (Å²) in [4.78, 5) is 0. The molecule has 0 heterocycles. The van der Waals surface area contributed by atoms with Gasteiger partial charge in [0.05, 0.1) is 5.56 Å². The average molecular weight is 332 g/mol. The number of alkyl halides is 3. The van der Waals surface area contributed by atoms with Gasteiger partial charge in [-0.15, -0.1) is 0 Å². The van der Waals surface area contributed by atoms with E-state index in [9.17, 15) is 13.2 Å². The lowest BCUT2D eigenvalue weighted by Gasteiger charge is -2.10. The quantitative estimate of drug-likeness (QED) is 0.289. The predicted molar refractivity (Wildman–Crippen MR) is 85.8 cm³/mol. The number of amidine groups is 1. The van der Waals surface area contributed by atoms with Crippen LogP contribution >= 0.6 is 0 Å². The number of aryl methyl sites for hydroxylation is 1. The Morgan fingerprint density at radius 3 is 2.33 bits per heavy atom. The molecule has 0 radical (unpaired) electrons. The van der Waals surface area contributed by atoms with Gasteiger partial charge in [0.25, 0.3) is 0 Å². The number of nitrogens with zero attached hydrogens (tertiary/aromatic N) is 1. The van der Waals surface area contributed by atoms with Crippen LogP contribution in [-0.4, -0.2) is 11.0 Å². The van der Waals surface area contributed by atoms with Crippen LogP contribution in [-0.2, 0) is 12.6 Å². The van der Waals surface area contributed by atoms with Gasteiger partial charge in [-0.2, -0.15) is 13.2 Å². The van der Waals surface area contributed by atoms with Crippen molar-refractivity contribution in [3.8, 4) is 11.8 Å². The SMILES string of the molecule is CCc1ccc(C#Cc2ccc(/C(N)=N/O)cc2C(F)(F)F)cc1. The maximum absolute atomic E-state index is 13.2. The fourth-order valence-corrected chi connectivity index (χ4v) is 2.07. The summed E-state index contributed by atoms with van der Waals surface area (Å²) in [6.07, 6.45) is -3.72. The normalized spacial score (nSPS) is 11.8. The first kappa shape index (κ1) is 17.4. The summed E-state index contributed by atoms with van der Waals surface area (Å²) in [7, 11) is 0. The maximum Gasteiger partial charge on any atom is 0.417 e. The first-order valence-electron chi connectivity index (χ1n) is 7.15. The largest absolute Gasteiger partial charge is 0.417 e. The lowest BCUT2D eigenvalue weighted by Crippen LogP contribution is -2.16. The lowest BCUT2D eigenvalue weighted by atomic mass is 10.0. The van der Waals surface area contributed by atoms with Crippen molar-refractivity contribution in [2.24, 2.45) is 10.9 Å². The van der Waals surface area contributed by atoms with Crippen molar-refractivity contribution in [2.75, 3.05) is 0 Å². The fourth-order valence-electron chi connectivity index (χ4n) is 2.07. The lowest BCUT2D eigenvalue weighted by molar-refractivity contribution is -0.137. The van der Waals surface area contributed by atoms with Gasteiger partial charge in [0, 0.05) is 16.7 Å². The third-order valence-corrected chi connectivity index (χ3v) is 3.43. The van der Waals surface area contributed by atoms with E-state index in [1.807, 2.05) is 19.1 Å². The molecule has 0 bridgehead atoms. The second kappa shape index (κ2) is 7.09. The first-order chi connectivity index (χ1) is 11.3. The van der Waals surface area contributed by atoms with Crippen LogP contribution in [0.1, 0.15) is 34.7 Å². The average Bonchev–Trinajstić information content (AvgIpc) is 2.58. The molecule has 0 aliphatic rings. The van der Waals surface area contributed by atoms with Crippen LogP contribution in [0.2, 0.25) is 0 Å². The van der Waals surface area contributed by atoms with Gasteiger partial charge in [-0.25, -0.2) is 0 Å². The molecule has 0 fully saturated rings. The molecule has 0 aliphatic heterocycles. The maximum atomic E-state index is 13.2. The molecular formula is C18H15F3N2O. The fraction of sp³-hybridized carbons (Fsp3) is 0.167. The highest BCUT2D eigenvalue weighted by Crippen LogP contribution is 2.32. The summed E-state index contributed by atoms with van der Waals surface area (Å²) in [6, 6.07) is 10.7. The Hall–Kier alpha value is -2.94. The molecule has 124 valence electrons. The Kier molecular flexibility index (Phi) is 5.14. The topological polar surface area (TPSA) is 58.6 Å². The highest BCUT2D eigenvalue weighted by molar-refractivity contribution is 5.97. The van der Waals surface area contributed by atoms with E-state index in [0.717, 1.165) is 18.1 Å². The van der Waals surface area contributed by atoms with Crippen LogP contribution in [0.25, 0.3) is 0 Å². The molecule has 0 amide bonds. The molecule has 0 atom stereocenters. The number of nitrogens with two attached hydrogens (primary N) is 1. The number of benzene rings is 2.